The second-order valence-electron chi connectivity index (χ2n) is 5.73. The van der Waals surface area contributed by atoms with Gasteiger partial charge >= 0.3 is 0 Å². The van der Waals surface area contributed by atoms with Crippen LogP contribution in [-0.2, 0) is 12.8 Å². The smallest absolute Gasteiger partial charge is 0.269 e. The van der Waals surface area contributed by atoms with Gasteiger partial charge in [0.05, 0.1) is 10.6 Å². The predicted octanol–water partition coefficient (Wildman–Crippen LogP) is 3.43. The molecule has 0 saturated heterocycles. The standard InChI is InChI=1S/C18H19N3O3/c1-13(15-6-5-14-3-2-4-16(14)11-15)20-19-12-24-18-9-7-17(8-10-18)21(22)23/h5-11,19H,2-4,12H2,1H3/b20-13-. The molecule has 0 unspecified atom stereocenters. The zero-order chi connectivity index (χ0) is 16.9. The maximum Gasteiger partial charge on any atom is 0.269 e. The van der Waals surface area contributed by atoms with E-state index < -0.39 is 4.92 Å². The molecule has 3 rings (SSSR count). The van der Waals surface area contributed by atoms with Gasteiger partial charge in [-0.15, -0.1) is 0 Å². The second-order valence-corrected chi connectivity index (χ2v) is 5.73. The van der Waals surface area contributed by atoms with Crippen LogP contribution < -0.4 is 10.2 Å². The molecule has 0 bridgehead atoms. The fourth-order valence-electron chi connectivity index (χ4n) is 2.79. The number of hydrogen-bond acceptors (Lipinski definition) is 5. The summed E-state index contributed by atoms with van der Waals surface area (Å²) in [5.41, 5.74) is 7.79. The van der Waals surface area contributed by atoms with Crippen LogP contribution in [0.15, 0.2) is 47.6 Å². The molecule has 6 nitrogen and oxygen atoms in total. The number of benzene rings is 2. The highest BCUT2D eigenvalue weighted by Crippen LogP contribution is 2.23. The third kappa shape index (κ3) is 3.71. The molecule has 1 aliphatic rings. The largest absolute Gasteiger partial charge is 0.472 e. The Hall–Kier alpha value is -2.89. The molecule has 24 heavy (non-hydrogen) atoms. The summed E-state index contributed by atoms with van der Waals surface area (Å²) in [6.07, 6.45) is 3.55. The van der Waals surface area contributed by atoms with Gasteiger partial charge in [0.2, 0.25) is 0 Å². The van der Waals surface area contributed by atoms with Gasteiger partial charge in [-0.3, -0.25) is 15.5 Å². The van der Waals surface area contributed by atoms with E-state index >= 15 is 0 Å². The van der Waals surface area contributed by atoms with Crippen LogP contribution >= 0.6 is 0 Å². The minimum absolute atomic E-state index is 0.0424. The number of rotatable bonds is 6. The van der Waals surface area contributed by atoms with Crippen LogP contribution in [-0.4, -0.2) is 17.4 Å². The maximum atomic E-state index is 10.6. The van der Waals surface area contributed by atoms with Crippen molar-refractivity contribution >= 4 is 11.4 Å². The molecule has 0 aromatic heterocycles. The Morgan fingerprint density at radius 3 is 2.71 bits per heavy atom. The topological polar surface area (TPSA) is 76.8 Å². The molecule has 2 aromatic carbocycles. The van der Waals surface area contributed by atoms with E-state index in [-0.39, 0.29) is 12.4 Å². The van der Waals surface area contributed by atoms with Gasteiger partial charge < -0.3 is 4.74 Å². The van der Waals surface area contributed by atoms with E-state index in [1.54, 1.807) is 12.1 Å². The van der Waals surface area contributed by atoms with E-state index in [1.165, 1.54) is 36.1 Å². The van der Waals surface area contributed by atoms with E-state index in [2.05, 4.69) is 28.7 Å². The minimum atomic E-state index is -0.438. The lowest BCUT2D eigenvalue weighted by Gasteiger charge is -2.07. The van der Waals surface area contributed by atoms with Crippen LogP contribution in [0.2, 0.25) is 0 Å². The third-order valence-corrected chi connectivity index (χ3v) is 4.11. The van der Waals surface area contributed by atoms with Gasteiger partial charge in [-0.25, -0.2) is 0 Å². The number of ether oxygens (including phenoxy) is 1. The van der Waals surface area contributed by atoms with Crippen LogP contribution in [0, 0.1) is 10.1 Å². The van der Waals surface area contributed by atoms with Crippen molar-refractivity contribution in [2.24, 2.45) is 5.10 Å². The fourth-order valence-corrected chi connectivity index (χ4v) is 2.79. The van der Waals surface area contributed by atoms with Gasteiger partial charge in [-0.1, -0.05) is 12.1 Å². The van der Waals surface area contributed by atoms with Gasteiger partial charge in [0, 0.05) is 12.1 Å². The molecule has 6 heteroatoms. The first kappa shape index (κ1) is 16.0. The van der Waals surface area contributed by atoms with Crippen molar-refractivity contribution in [1.29, 1.82) is 0 Å². The number of nitro groups is 1. The van der Waals surface area contributed by atoms with Crippen LogP contribution in [0.5, 0.6) is 5.75 Å². The van der Waals surface area contributed by atoms with Crippen LogP contribution in [0.25, 0.3) is 0 Å². The summed E-state index contributed by atoms with van der Waals surface area (Å²) in [5.74, 6) is 0.554. The SMILES string of the molecule is C/C(=N/NCOc1ccc([N+](=O)[O-])cc1)c1ccc2c(c1)CCC2. The molecule has 1 N–H and O–H groups in total. The summed E-state index contributed by atoms with van der Waals surface area (Å²) in [7, 11) is 0. The highest BCUT2D eigenvalue weighted by molar-refractivity contribution is 5.98. The molecule has 0 amide bonds. The predicted molar refractivity (Wildman–Crippen MR) is 92.4 cm³/mol. The summed E-state index contributed by atoms with van der Waals surface area (Å²) in [6.45, 7) is 2.15. The van der Waals surface area contributed by atoms with E-state index in [4.69, 9.17) is 4.74 Å². The summed E-state index contributed by atoms with van der Waals surface area (Å²) in [5, 5.41) is 14.9. The Morgan fingerprint density at radius 2 is 1.96 bits per heavy atom. The Balaban J connectivity index is 1.53. The first-order valence-corrected chi connectivity index (χ1v) is 7.90. The van der Waals surface area contributed by atoms with Gasteiger partial charge in [0.1, 0.15) is 5.75 Å². The summed E-state index contributed by atoms with van der Waals surface area (Å²) in [4.78, 5) is 10.1. The first-order valence-electron chi connectivity index (χ1n) is 7.90. The van der Waals surface area contributed by atoms with Crippen LogP contribution in [0.4, 0.5) is 5.69 Å². The van der Waals surface area contributed by atoms with Gasteiger partial charge in [0.15, 0.2) is 6.73 Å². The Labute approximate surface area is 140 Å². The Morgan fingerprint density at radius 1 is 1.21 bits per heavy atom. The number of nitrogens with one attached hydrogen (secondary N) is 1. The van der Waals surface area contributed by atoms with Crippen molar-refractivity contribution in [3.63, 3.8) is 0 Å². The normalized spacial score (nSPS) is 13.5. The van der Waals surface area contributed by atoms with Crippen LogP contribution in [0.3, 0.4) is 0 Å². The number of nitrogens with zero attached hydrogens (tertiary/aromatic N) is 2. The first-order chi connectivity index (χ1) is 11.6. The monoisotopic (exact) mass is 325 g/mol. The van der Waals surface area contributed by atoms with Crippen molar-refractivity contribution < 1.29 is 9.66 Å². The van der Waals surface area contributed by atoms with Gasteiger partial charge in [0.25, 0.3) is 5.69 Å². The van der Waals surface area contributed by atoms with E-state index in [1.807, 2.05) is 6.92 Å². The van der Waals surface area contributed by atoms with E-state index in [0.717, 1.165) is 17.7 Å². The number of nitro benzene ring substituents is 1. The van der Waals surface area contributed by atoms with Crippen LogP contribution in [0.1, 0.15) is 30.0 Å². The number of hydrazone groups is 1. The molecule has 124 valence electrons. The lowest BCUT2D eigenvalue weighted by Crippen LogP contribution is -2.16. The number of hydrogen-bond donors (Lipinski definition) is 1. The van der Waals surface area contributed by atoms with Crippen molar-refractivity contribution in [3.05, 3.63) is 69.3 Å². The average Bonchev–Trinajstić information content (AvgIpc) is 3.06. The minimum Gasteiger partial charge on any atom is -0.472 e. The molecular weight excluding hydrogens is 306 g/mol. The summed E-state index contributed by atoms with van der Waals surface area (Å²) >= 11 is 0. The molecule has 0 fully saturated rings. The third-order valence-electron chi connectivity index (χ3n) is 4.11. The highest BCUT2D eigenvalue weighted by atomic mass is 16.6. The zero-order valence-corrected chi connectivity index (χ0v) is 13.5. The molecule has 0 radical (unpaired) electrons. The lowest BCUT2D eigenvalue weighted by molar-refractivity contribution is -0.384. The number of fused-ring (bicyclic) bond motifs is 1. The molecule has 2 aromatic rings. The van der Waals surface area contributed by atoms with Crippen molar-refractivity contribution in [2.45, 2.75) is 26.2 Å². The van der Waals surface area contributed by atoms with Crippen molar-refractivity contribution in [1.82, 2.24) is 5.43 Å². The Kier molecular flexibility index (Phi) is 4.74. The summed E-state index contributed by atoms with van der Waals surface area (Å²) in [6, 6.07) is 12.4. The molecule has 0 spiro atoms. The molecule has 0 saturated carbocycles. The quantitative estimate of drug-likeness (QED) is 0.290. The van der Waals surface area contributed by atoms with Gasteiger partial charge in [-0.05, 0) is 61.1 Å². The zero-order valence-electron chi connectivity index (χ0n) is 13.5. The lowest BCUT2D eigenvalue weighted by atomic mass is 10.0. The van der Waals surface area contributed by atoms with E-state index in [0.29, 0.717) is 5.75 Å². The molecule has 0 atom stereocenters. The molecule has 0 aliphatic heterocycles. The maximum absolute atomic E-state index is 10.6. The molecule has 0 heterocycles. The number of non-ortho nitro benzene ring substituents is 1. The summed E-state index contributed by atoms with van der Waals surface area (Å²) < 4.78 is 5.46. The second kappa shape index (κ2) is 7.12. The molecule has 1 aliphatic carbocycles. The average molecular weight is 325 g/mol. The molecular formula is C18H19N3O3. The van der Waals surface area contributed by atoms with Gasteiger partial charge in [-0.2, -0.15) is 5.10 Å². The van der Waals surface area contributed by atoms with E-state index in [9.17, 15) is 10.1 Å². The highest BCUT2D eigenvalue weighted by Gasteiger charge is 2.11. The van der Waals surface area contributed by atoms with Crippen molar-refractivity contribution in [2.75, 3.05) is 6.73 Å². The number of aryl methyl sites for hydroxylation is 2. The van der Waals surface area contributed by atoms with Crippen molar-refractivity contribution in [3.8, 4) is 5.75 Å². The Bertz CT molecular complexity index is 770. The fraction of sp³-hybridized carbons (Fsp3) is 0.278.